The maximum absolute atomic E-state index is 11.2. The van der Waals surface area contributed by atoms with Crippen molar-refractivity contribution in [1.29, 1.82) is 5.26 Å². The minimum atomic E-state index is -3.49. The Kier molecular flexibility index (Phi) is 3.44. The van der Waals surface area contributed by atoms with E-state index in [0.717, 1.165) is 11.3 Å². The van der Waals surface area contributed by atoms with Gasteiger partial charge in [0.25, 0.3) is 0 Å². The predicted molar refractivity (Wildman–Crippen MR) is 54.2 cm³/mol. The molecule has 0 saturated carbocycles. The molecule has 1 aromatic rings. The van der Waals surface area contributed by atoms with Crippen LogP contribution in [-0.2, 0) is 23.6 Å². The topological polar surface area (TPSA) is 87.8 Å². The number of nitrogens with zero attached hydrogens (tertiary/aromatic N) is 3. The van der Waals surface area contributed by atoms with Gasteiger partial charge in [-0.1, -0.05) is 0 Å². The lowest BCUT2D eigenvalue weighted by Crippen LogP contribution is -2.25. The third-order valence-electron chi connectivity index (χ3n) is 1.85. The van der Waals surface area contributed by atoms with E-state index < -0.39 is 15.8 Å². The van der Waals surface area contributed by atoms with Gasteiger partial charge in [-0.15, -0.1) is 0 Å². The van der Waals surface area contributed by atoms with Gasteiger partial charge in [0, 0.05) is 25.4 Å². The van der Waals surface area contributed by atoms with Crippen molar-refractivity contribution in [2.75, 3.05) is 5.75 Å². The zero-order valence-corrected chi connectivity index (χ0v) is 9.37. The van der Waals surface area contributed by atoms with Crippen molar-refractivity contribution in [3.8, 4) is 6.07 Å². The van der Waals surface area contributed by atoms with Crippen LogP contribution in [-0.4, -0.2) is 24.0 Å². The van der Waals surface area contributed by atoms with E-state index in [9.17, 15) is 8.42 Å². The van der Waals surface area contributed by atoms with Gasteiger partial charge in [0.15, 0.2) is 5.75 Å². The van der Waals surface area contributed by atoms with Crippen LogP contribution in [0.15, 0.2) is 6.20 Å². The lowest BCUT2D eigenvalue weighted by Gasteiger charge is -2.01. The van der Waals surface area contributed by atoms with Gasteiger partial charge < -0.3 is 0 Å². The summed E-state index contributed by atoms with van der Waals surface area (Å²) >= 11 is 0. The van der Waals surface area contributed by atoms with Gasteiger partial charge in [0.1, 0.15) is 0 Å². The summed E-state index contributed by atoms with van der Waals surface area (Å²) in [7, 11) is -1.72. The summed E-state index contributed by atoms with van der Waals surface area (Å²) in [5.41, 5.74) is 1.58. The van der Waals surface area contributed by atoms with Crippen LogP contribution in [0.4, 0.5) is 0 Å². The highest BCUT2D eigenvalue weighted by Gasteiger charge is 2.10. The summed E-state index contributed by atoms with van der Waals surface area (Å²) in [5.74, 6) is -0.522. The van der Waals surface area contributed by atoms with E-state index in [1.807, 2.05) is 0 Å². The second kappa shape index (κ2) is 4.42. The van der Waals surface area contributed by atoms with E-state index in [0.29, 0.717) is 0 Å². The third-order valence-corrected chi connectivity index (χ3v) is 2.95. The molecule has 1 aromatic heterocycles. The van der Waals surface area contributed by atoms with Gasteiger partial charge in [-0.2, -0.15) is 10.4 Å². The van der Waals surface area contributed by atoms with Crippen LogP contribution in [0.3, 0.4) is 0 Å². The molecule has 7 heteroatoms. The molecule has 0 aliphatic carbocycles. The third kappa shape index (κ3) is 3.34. The monoisotopic (exact) mass is 228 g/mol. The van der Waals surface area contributed by atoms with Crippen molar-refractivity contribution < 1.29 is 8.42 Å². The molecular weight excluding hydrogens is 216 g/mol. The van der Waals surface area contributed by atoms with Gasteiger partial charge >= 0.3 is 0 Å². The number of rotatable bonds is 4. The summed E-state index contributed by atoms with van der Waals surface area (Å²) in [6.45, 7) is 1.97. The number of aromatic nitrogens is 2. The first-order valence-corrected chi connectivity index (χ1v) is 5.93. The molecule has 0 bridgehead atoms. The van der Waals surface area contributed by atoms with E-state index >= 15 is 0 Å². The summed E-state index contributed by atoms with van der Waals surface area (Å²) in [4.78, 5) is 0. The van der Waals surface area contributed by atoms with Crippen LogP contribution in [0, 0.1) is 18.3 Å². The average Bonchev–Trinajstić information content (AvgIpc) is 2.42. The lowest BCUT2D eigenvalue weighted by molar-refractivity contribution is 0.584. The summed E-state index contributed by atoms with van der Waals surface area (Å²) in [5, 5.41) is 12.3. The Hall–Kier alpha value is -1.39. The van der Waals surface area contributed by atoms with E-state index in [2.05, 4.69) is 9.82 Å². The van der Waals surface area contributed by atoms with Crippen molar-refractivity contribution >= 4 is 10.0 Å². The molecule has 1 rings (SSSR count). The van der Waals surface area contributed by atoms with E-state index in [4.69, 9.17) is 5.26 Å². The Labute approximate surface area is 88.6 Å². The van der Waals surface area contributed by atoms with Crippen LogP contribution in [0.1, 0.15) is 11.3 Å². The minimum absolute atomic E-state index is 0.170. The zero-order valence-electron chi connectivity index (χ0n) is 8.56. The Morgan fingerprint density at radius 1 is 1.67 bits per heavy atom. The number of hydrogen-bond acceptors (Lipinski definition) is 4. The second-order valence-corrected chi connectivity index (χ2v) is 4.96. The van der Waals surface area contributed by atoms with Crippen molar-refractivity contribution in [1.82, 2.24) is 14.5 Å². The molecule has 82 valence electrons. The van der Waals surface area contributed by atoms with Gasteiger partial charge in [-0.05, 0) is 6.92 Å². The molecule has 1 heterocycles. The van der Waals surface area contributed by atoms with Gasteiger partial charge in [0.2, 0.25) is 10.0 Å². The van der Waals surface area contributed by atoms with Gasteiger partial charge in [-0.3, -0.25) is 4.68 Å². The van der Waals surface area contributed by atoms with Crippen molar-refractivity contribution in [3.05, 3.63) is 17.5 Å². The maximum Gasteiger partial charge on any atom is 0.225 e. The normalized spacial score (nSPS) is 11.3. The Balaban J connectivity index is 2.66. The first-order valence-electron chi connectivity index (χ1n) is 4.28. The van der Waals surface area contributed by atoms with Gasteiger partial charge in [-0.25, -0.2) is 13.1 Å². The zero-order chi connectivity index (χ0) is 11.5. The Morgan fingerprint density at radius 2 is 2.33 bits per heavy atom. The molecule has 15 heavy (non-hydrogen) atoms. The summed E-state index contributed by atoms with van der Waals surface area (Å²) in [6.07, 6.45) is 1.74. The van der Waals surface area contributed by atoms with Crippen LogP contribution in [0.2, 0.25) is 0 Å². The van der Waals surface area contributed by atoms with Crippen molar-refractivity contribution in [3.63, 3.8) is 0 Å². The Morgan fingerprint density at radius 3 is 2.80 bits per heavy atom. The molecule has 0 radical (unpaired) electrons. The quantitative estimate of drug-likeness (QED) is 0.764. The maximum atomic E-state index is 11.2. The molecule has 0 fully saturated rings. The highest BCUT2D eigenvalue weighted by Crippen LogP contribution is 2.04. The Bertz CT molecular complexity index is 483. The smallest absolute Gasteiger partial charge is 0.225 e. The largest absolute Gasteiger partial charge is 0.275 e. The fraction of sp³-hybridized carbons (Fsp3) is 0.500. The molecule has 6 nitrogen and oxygen atoms in total. The SMILES string of the molecule is Cc1nn(C)cc1CNS(=O)(=O)CC#N. The number of nitrogens with one attached hydrogen (secondary N) is 1. The molecule has 0 saturated heterocycles. The molecule has 0 atom stereocenters. The average molecular weight is 228 g/mol. The molecule has 0 unspecified atom stereocenters. The van der Waals surface area contributed by atoms with Crippen LogP contribution in [0.5, 0.6) is 0 Å². The molecule has 0 aliphatic heterocycles. The highest BCUT2D eigenvalue weighted by molar-refractivity contribution is 7.89. The number of sulfonamides is 1. The van der Waals surface area contributed by atoms with Crippen LogP contribution in [0.25, 0.3) is 0 Å². The van der Waals surface area contributed by atoms with Crippen LogP contribution < -0.4 is 4.72 Å². The standard InChI is InChI=1S/C8H12N4O2S/c1-7-8(6-12(2)11-7)5-10-15(13,14)4-3-9/h6,10H,4-5H2,1-2H3. The molecular formula is C8H12N4O2S. The van der Waals surface area contributed by atoms with Gasteiger partial charge in [0.05, 0.1) is 11.8 Å². The number of hydrogen-bond donors (Lipinski definition) is 1. The van der Waals surface area contributed by atoms with E-state index in [1.165, 1.54) is 0 Å². The molecule has 1 N–H and O–H groups in total. The predicted octanol–water partition coefficient (Wildman–Crippen LogP) is -0.329. The second-order valence-electron chi connectivity index (χ2n) is 3.15. The minimum Gasteiger partial charge on any atom is -0.275 e. The fourth-order valence-electron chi connectivity index (χ4n) is 1.15. The lowest BCUT2D eigenvalue weighted by atomic mass is 10.3. The molecule has 0 spiro atoms. The first kappa shape index (κ1) is 11.7. The van der Waals surface area contributed by atoms with Crippen LogP contribution >= 0.6 is 0 Å². The number of nitriles is 1. The van der Waals surface area contributed by atoms with Crippen molar-refractivity contribution in [2.45, 2.75) is 13.5 Å². The molecule has 0 amide bonds. The molecule has 0 aromatic carbocycles. The molecule has 0 aliphatic rings. The number of aryl methyl sites for hydroxylation is 2. The first-order chi connectivity index (χ1) is 6.94. The summed E-state index contributed by atoms with van der Waals surface area (Å²) < 4.78 is 26.3. The van der Waals surface area contributed by atoms with E-state index in [1.54, 1.807) is 30.9 Å². The van der Waals surface area contributed by atoms with E-state index in [-0.39, 0.29) is 6.54 Å². The van der Waals surface area contributed by atoms with Crippen molar-refractivity contribution in [2.24, 2.45) is 7.05 Å². The highest BCUT2D eigenvalue weighted by atomic mass is 32.2. The summed E-state index contributed by atoms with van der Waals surface area (Å²) in [6, 6.07) is 1.59. The fourth-order valence-corrected chi connectivity index (χ4v) is 1.79.